The van der Waals surface area contributed by atoms with Crippen LogP contribution in [0.4, 0.5) is 4.39 Å². The van der Waals surface area contributed by atoms with Crippen LogP contribution in [0.5, 0.6) is 0 Å². The highest BCUT2D eigenvalue weighted by atomic mass is 19.1. The molecule has 1 fully saturated rings. The molecular weight excluding hydrogens is 201 g/mol. The standard InChI is InChI=1S/C14H20FN/c1-10-7-8-12(9-10)16-11(2)13-5-3-4-6-14(13)15/h3-6,10-12,16H,7-9H2,1-2H3. The largest absolute Gasteiger partial charge is 0.307 e. The van der Waals surface area contributed by atoms with Crippen LogP contribution in [-0.2, 0) is 0 Å². The SMILES string of the molecule is CC1CCC(NC(C)c2ccccc2F)C1. The molecule has 16 heavy (non-hydrogen) atoms. The summed E-state index contributed by atoms with van der Waals surface area (Å²) >= 11 is 0. The first-order valence-corrected chi connectivity index (χ1v) is 6.17. The van der Waals surface area contributed by atoms with Gasteiger partial charge in [0.2, 0.25) is 0 Å². The predicted octanol–water partition coefficient (Wildman–Crippen LogP) is 3.66. The summed E-state index contributed by atoms with van der Waals surface area (Å²) in [5.74, 6) is 0.707. The van der Waals surface area contributed by atoms with Crippen LogP contribution in [0.15, 0.2) is 24.3 Å². The van der Waals surface area contributed by atoms with Crippen LogP contribution < -0.4 is 5.32 Å². The Morgan fingerprint density at radius 1 is 1.31 bits per heavy atom. The van der Waals surface area contributed by atoms with E-state index in [4.69, 9.17) is 0 Å². The Hall–Kier alpha value is -0.890. The summed E-state index contributed by atoms with van der Waals surface area (Å²) < 4.78 is 13.6. The molecule has 0 heterocycles. The smallest absolute Gasteiger partial charge is 0.127 e. The van der Waals surface area contributed by atoms with E-state index in [1.807, 2.05) is 19.1 Å². The van der Waals surface area contributed by atoms with Crippen molar-refractivity contribution in [1.82, 2.24) is 5.32 Å². The summed E-state index contributed by atoms with van der Waals surface area (Å²) in [6.07, 6.45) is 3.74. The van der Waals surface area contributed by atoms with Crippen molar-refractivity contribution in [3.05, 3.63) is 35.6 Å². The van der Waals surface area contributed by atoms with E-state index in [0.29, 0.717) is 6.04 Å². The molecule has 2 rings (SSSR count). The van der Waals surface area contributed by atoms with Gasteiger partial charge < -0.3 is 5.32 Å². The molecule has 1 aliphatic rings. The molecule has 1 aromatic rings. The number of rotatable bonds is 3. The quantitative estimate of drug-likeness (QED) is 0.821. The fourth-order valence-electron chi connectivity index (χ4n) is 2.63. The third-order valence-electron chi connectivity index (χ3n) is 3.55. The van der Waals surface area contributed by atoms with Crippen molar-refractivity contribution in [3.8, 4) is 0 Å². The molecule has 0 radical (unpaired) electrons. The van der Waals surface area contributed by atoms with E-state index in [1.165, 1.54) is 25.3 Å². The lowest BCUT2D eigenvalue weighted by Gasteiger charge is -2.20. The minimum Gasteiger partial charge on any atom is -0.307 e. The molecule has 1 saturated carbocycles. The van der Waals surface area contributed by atoms with E-state index in [0.717, 1.165) is 11.5 Å². The Labute approximate surface area is 97.1 Å². The number of nitrogens with one attached hydrogen (secondary N) is 1. The van der Waals surface area contributed by atoms with Gasteiger partial charge in [0, 0.05) is 17.6 Å². The van der Waals surface area contributed by atoms with Crippen molar-refractivity contribution in [1.29, 1.82) is 0 Å². The average Bonchev–Trinajstić information content (AvgIpc) is 2.64. The van der Waals surface area contributed by atoms with Gasteiger partial charge in [-0.2, -0.15) is 0 Å². The molecule has 0 saturated heterocycles. The molecule has 0 aliphatic heterocycles. The van der Waals surface area contributed by atoms with Gasteiger partial charge in [0.15, 0.2) is 0 Å². The van der Waals surface area contributed by atoms with Crippen molar-refractivity contribution in [2.75, 3.05) is 0 Å². The van der Waals surface area contributed by atoms with Crippen molar-refractivity contribution in [2.45, 2.75) is 45.2 Å². The summed E-state index contributed by atoms with van der Waals surface area (Å²) in [5, 5.41) is 3.53. The highest BCUT2D eigenvalue weighted by molar-refractivity contribution is 5.20. The summed E-state index contributed by atoms with van der Waals surface area (Å²) in [5.41, 5.74) is 0.780. The molecule has 1 aliphatic carbocycles. The van der Waals surface area contributed by atoms with Gasteiger partial charge in [-0.05, 0) is 38.2 Å². The molecule has 88 valence electrons. The topological polar surface area (TPSA) is 12.0 Å². The first-order chi connectivity index (χ1) is 7.66. The van der Waals surface area contributed by atoms with E-state index in [2.05, 4.69) is 12.2 Å². The fourth-order valence-corrected chi connectivity index (χ4v) is 2.63. The molecule has 3 atom stereocenters. The normalized spacial score (nSPS) is 26.9. The number of hydrogen-bond donors (Lipinski definition) is 1. The molecular formula is C14H20FN. The van der Waals surface area contributed by atoms with Crippen molar-refractivity contribution >= 4 is 0 Å². The van der Waals surface area contributed by atoms with Crippen LogP contribution in [0.2, 0.25) is 0 Å². The monoisotopic (exact) mass is 221 g/mol. The van der Waals surface area contributed by atoms with Crippen LogP contribution in [0, 0.1) is 11.7 Å². The third kappa shape index (κ3) is 2.62. The predicted molar refractivity (Wildman–Crippen MR) is 64.8 cm³/mol. The van der Waals surface area contributed by atoms with E-state index < -0.39 is 0 Å². The minimum atomic E-state index is -0.103. The molecule has 0 aromatic heterocycles. The van der Waals surface area contributed by atoms with E-state index >= 15 is 0 Å². The zero-order chi connectivity index (χ0) is 11.5. The minimum absolute atomic E-state index is 0.103. The molecule has 1 nitrogen and oxygen atoms in total. The van der Waals surface area contributed by atoms with E-state index in [-0.39, 0.29) is 11.9 Å². The second kappa shape index (κ2) is 4.96. The highest BCUT2D eigenvalue weighted by Gasteiger charge is 2.23. The summed E-state index contributed by atoms with van der Waals surface area (Å²) in [6.45, 7) is 4.33. The van der Waals surface area contributed by atoms with Crippen LogP contribution in [-0.4, -0.2) is 6.04 Å². The first-order valence-electron chi connectivity index (χ1n) is 6.17. The van der Waals surface area contributed by atoms with Crippen molar-refractivity contribution < 1.29 is 4.39 Å². The third-order valence-corrected chi connectivity index (χ3v) is 3.55. The maximum Gasteiger partial charge on any atom is 0.127 e. The zero-order valence-corrected chi connectivity index (χ0v) is 10.0. The molecule has 0 amide bonds. The number of benzene rings is 1. The first kappa shape index (κ1) is 11.6. The van der Waals surface area contributed by atoms with Crippen LogP contribution in [0.1, 0.15) is 44.7 Å². The lowest BCUT2D eigenvalue weighted by atomic mass is 10.1. The summed E-state index contributed by atoms with van der Waals surface area (Å²) in [6, 6.07) is 7.70. The second-order valence-electron chi connectivity index (χ2n) is 5.03. The molecule has 1 N–H and O–H groups in total. The Morgan fingerprint density at radius 2 is 2.06 bits per heavy atom. The maximum atomic E-state index is 13.6. The van der Waals surface area contributed by atoms with Gasteiger partial charge in [-0.25, -0.2) is 4.39 Å². The maximum absolute atomic E-state index is 13.6. The summed E-state index contributed by atoms with van der Waals surface area (Å²) in [4.78, 5) is 0. The van der Waals surface area contributed by atoms with Crippen molar-refractivity contribution in [2.24, 2.45) is 5.92 Å². The second-order valence-corrected chi connectivity index (χ2v) is 5.03. The molecule has 3 unspecified atom stereocenters. The van der Waals surface area contributed by atoms with Gasteiger partial charge in [0.25, 0.3) is 0 Å². The average molecular weight is 221 g/mol. The van der Waals surface area contributed by atoms with Gasteiger partial charge in [0.05, 0.1) is 0 Å². The lowest BCUT2D eigenvalue weighted by Crippen LogP contribution is -2.29. The van der Waals surface area contributed by atoms with Gasteiger partial charge in [0.1, 0.15) is 5.82 Å². The van der Waals surface area contributed by atoms with Gasteiger partial charge in [-0.1, -0.05) is 25.1 Å². The molecule has 0 spiro atoms. The zero-order valence-electron chi connectivity index (χ0n) is 10.0. The van der Waals surface area contributed by atoms with Crippen LogP contribution >= 0.6 is 0 Å². The highest BCUT2D eigenvalue weighted by Crippen LogP contribution is 2.27. The Kier molecular flexibility index (Phi) is 3.59. The Morgan fingerprint density at radius 3 is 2.69 bits per heavy atom. The lowest BCUT2D eigenvalue weighted by molar-refractivity contribution is 0.437. The van der Waals surface area contributed by atoms with Crippen LogP contribution in [0.3, 0.4) is 0 Å². The number of hydrogen-bond acceptors (Lipinski definition) is 1. The summed E-state index contributed by atoms with van der Waals surface area (Å²) in [7, 11) is 0. The molecule has 2 heteroatoms. The van der Waals surface area contributed by atoms with Crippen molar-refractivity contribution in [3.63, 3.8) is 0 Å². The van der Waals surface area contributed by atoms with Gasteiger partial charge in [-0.3, -0.25) is 0 Å². The molecule has 1 aromatic carbocycles. The number of halogens is 1. The Balaban J connectivity index is 1.98. The Bertz CT molecular complexity index is 350. The fraction of sp³-hybridized carbons (Fsp3) is 0.571. The van der Waals surface area contributed by atoms with E-state index in [1.54, 1.807) is 6.07 Å². The van der Waals surface area contributed by atoms with Gasteiger partial charge in [-0.15, -0.1) is 0 Å². The molecule has 0 bridgehead atoms. The van der Waals surface area contributed by atoms with Gasteiger partial charge >= 0.3 is 0 Å². The van der Waals surface area contributed by atoms with Crippen LogP contribution in [0.25, 0.3) is 0 Å². The van der Waals surface area contributed by atoms with E-state index in [9.17, 15) is 4.39 Å².